The van der Waals surface area contributed by atoms with E-state index < -0.39 is 0 Å². The highest BCUT2D eigenvalue weighted by molar-refractivity contribution is 5.92. The van der Waals surface area contributed by atoms with Crippen LogP contribution in [0.15, 0.2) is 36.5 Å². The fourth-order valence-electron chi connectivity index (χ4n) is 2.91. The standard InChI is InChI=1S/C18H20N2O/c1-13-10-17(8-9-19-13)20-18(21)12-14-6-7-15-4-2-3-5-16(15)11-14/h6-11H,2-5,12H2,1H3,(H,19,20,21). The van der Waals surface area contributed by atoms with E-state index in [4.69, 9.17) is 0 Å². The minimum atomic E-state index is 0.0244. The number of benzene rings is 1. The van der Waals surface area contributed by atoms with Crippen LogP contribution in [0.3, 0.4) is 0 Å². The normalized spacial score (nSPS) is 13.6. The molecular weight excluding hydrogens is 260 g/mol. The molecule has 0 spiro atoms. The van der Waals surface area contributed by atoms with Gasteiger partial charge in [-0.1, -0.05) is 18.2 Å². The largest absolute Gasteiger partial charge is 0.326 e. The minimum Gasteiger partial charge on any atom is -0.326 e. The molecule has 0 radical (unpaired) electrons. The van der Waals surface area contributed by atoms with E-state index in [2.05, 4.69) is 28.5 Å². The zero-order valence-corrected chi connectivity index (χ0v) is 12.4. The zero-order valence-electron chi connectivity index (χ0n) is 12.4. The monoisotopic (exact) mass is 280 g/mol. The van der Waals surface area contributed by atoms with Crippen molar-refractivity contribution in [2.75, 3.05) is 5.32 Å². The predicted molar refractivity (Wildman–Crippen MR) is 84.4 cm³/mol. The summed E-state index contributed by atoms with van der Waals surface area (Å²) in [6.45, 7) is 1.92. The molecular formula is C18H20N2O. The third-order valence-corrected chi connectivity index (χ3v) is 3.96. The van der Waals surface area contributed by atoms with Crippen molar-refractivity contribution in [3.05, 3.63) is 58.9 Å². The third-order valence-electron chi connectivity index (χ3n) is 3.96. The van der Waals surface area contributed by atoms with Gasteiger partial charge in [0.15, 0.2) is 0 Å². The molecule has 0 fully saturated rings. The van der Waals surface area contributed by atoms with Crippen LogP contribution in [-0.2, 0) is 24.1 Å². The molecule has 108 valence electrons. The summed E-state index contributed by atoms with van der Waals surface area (Å²) in [6.07, 6.45) is 7.01. The molecule has 1 aromatic carbocycles. The first-order valence-corrected chi connectivity index (χ1v) is 7.54. The fraction of sp³-hybridized carbons (Fsp3) is 0.333. The molecule has 3 heteroatoms. The van der Waals surface area contributed by atoms with E-state index in [0.717, 1.165) is 23.4 Å². The van der Waals surface area contributed by atoms with Gasteiger partial charge in [0.05, 0.1) is 6.42 Å². The molecule has 1 aromatic heterocycles. The lowest BCUT2D eigenvalue weighted by Crippen LogP contribution is -2.15. The molecule has 1 heterocycles. The van der Waals surface area contributed by atoms with Gasteiger partial charge >= 0.3 is 0 Å². The van der Waals surface area contributed by atoms with Crippen molar-refractivity contribution in [3.8, 4) is 0 Å². The second kappa shape index (κ2) is 6.08. The van der Waals surface area contributed by atoms with E-state index in [1.165, 1.54) is 30.4 Å². The van der Waals surface area contributed by atoms with E-state index in [1.807, 2.05) is 19.1 Å². The zero-order chi connectivity index (χ0) is 14.7. The molecule has 3 rings (SSSR count). The van der Waals surface area contributed by atoms with E-state index in [0.29, 0.717) is 6.42 Å². The van der Waals surface area contributed by atoms with Gasteiger partial charge in [-0.15, -0.1) is 0 Å². The summed E-state index contributed by atoms with van der Waals surface area (Å²) in [7, 11) is 0. The van der Waals surface area contributed by atoms with Gasteiger partial charge in [-0.2, -0.15) is 0 Å². The molecule has 1 aliphatic rings. The number of aromatic nitrogens is 1. The third kappa shape index (κ3) is 3.48. The Kier molecular flexibility index (Phi) is 4.00. The van der Waals surface area contributed by atoms with Crippen LogP contribution >= 0.6 is 0 Å². The minimum absolute atomic E-state index is 0.0244. The van der Waals surface area contributed by atoms with Crippen LogP contribution in [0.4, 0.5) is 5.69 Å². The Balaban J connectivity index is 1.67. The number of hydrogen-bond donors (Lipinski definition) is 1. The van der Waals surface area contributed by atoms with Crippen LogP contribution < -0.4 is 5.32 Å². The number of carbonyl (C=O) groups is 1. The summed E-state index contributed by atoms with van der Waals surface area (Å²) in [6, 6.07) is 10.2. The number of rotatable bonds is 3. The number of pyridine rings is 1. The van der Waals surface area contributed by atoms with Gasteiger partial charge in [0, 0.05) is 17.6 Å². The topological polar surface area (TPSA) is 42.0 Å². The summed E-state index contributed by atoms with van der Waals surface area (Å²) >= 11 is 0. The highest BCUT2D eigenvalue weighted by Crippen LogP contribution is 2.22. The average Bonchev–Trinajstić information content (AvgIpc) is 2.47. The van der Waals surface area contributed by atoms with Crippen LogP contribution in [0.1, 0.15) is 35.2 Å². The maximum atomic E-state index is 12.1. The van der Waals surface area contributed by atoms with Crippen LogP contribution in [-0.4, -0.2) is 10.9 Å². The molecule has 1 aliphatic carbocycles. The van der Waals surface area contributed by atoms with Crippen molar-refractivity contribution < 1.29 is 4.79 Å². The smallest absolute Gasteiger partial charge is 0.228 e. The maximum absolute atomic E-state index is 12.1. The molecule has 0 saturated carbocycles. The number of fused-ring (bicyclic) bond motifs is 1. The molecule has 3 nitrogen and oxygen atoms in total. The van der Waals surface area contributed by atoms with Gasteiger partial charge in [0.25, 0.3) is 0 Å². The maximum Gasteiger partial charge on any atom is 0.228 e. The van der Waals surface area contributed by atoms with Crippen molar-refractivity contribution in [1.29, 1.82) is 0 Å². The Hall–Kier alpha value is -2.16. The summed E-state index contributed by atoms with van der Waals surface area (Å²) in [5.74, 6) is 0.0244. The van der Waals surface area contributed by atoms with Gasteiger partial charge in [-0.25, -0.2) is 0 Å². The van der Waals surface area contributed by atoms with Crippen molar-refractivity contribution in [1.82, 2.24) is 4.98 Å². The van der Waals surface area contributed by atoms with Crippen molar-refractivity contribution in [2.45, 2.75) is 39.0 Å². The highest BCUT2D eigenvalue weighted by atomic mass is 16.1. The Labute approximate surface area is 125 Å². The van der Waals surface area contributed by atoms with Gasteiger partial charge < -0.3 is 5.32 Å². The first-order valence-electron chi connectivity index (χ1n) is 7.54. The summed E-state index contributed by atoms with van der Waals surface area (Å²) < 4.78 is 0. The Morgan fingerprint density at radius 3 is 2.76 bits per heavy atom. The Bertz CT molecular complexity index is 664. The highest BCUT2D eigenvalue weighted by Gasteiger charge is 2.11. The van der Waals surface area contributed by atoms with E-state index in [-0.39, 0.29) is 5.91 Å². The van der Waals surface area contributed by atoms with E-state index in [9.17, 15) is 4.79 Å². The fourth-order valence-corrected chi connectivity index (χ4v) is 2.91. The van der Waals surface area contributed by atoms with Crippen molar-refractivity contribution >= 4 is 11.6 Å². The average molecular weight is 280 g/mol. The number of nitrogens with one attached hydrogen (secondary N) is 1. The molecule has 21 heavy (non-hydrogen) atoms. The van der Waals surface area contributed by atoms with E-state index in [1.54, 1.807) is 6.20 Å². The number of anilines is 1. The molecule has 0 atom stereocenters. The molecule has 0 aliphatic heterocycles. The number of nitrogens with zero attached hydrogens (tertiary/aromatic N) is 1. The van der Waals surface area contributed by atoms with E-state index >= 15 is 0 Å². The molecule has 1 amide bonds. The predicted octanol–water partition coefficient (Wildman–Crippen LogP) is 3.45. The number of amides is 1. The van der Waals surface area contributed by atoms with Crippen molar-refractivity contribution in [3.63, 3.8) is 0 Å². The molecule has 0 saturated heterocycles. The molecule has 0 unspecified atom stereocenters. The lowest BCUT2D eigenvalue weighted by atomic mass is 9.90. The number of hydrogen-bond acceptors (Lipinski definition) is 2. The van der Waals surface area contributed by atoms with Crippen LogP contribution in [0.25, 0.3) is 0 Å². The second-order valence-electron chi connectivity index (χ2n) is 5.72. The van der Waals surface area contributed by atoms with Gasteiger partial charge in [-0.05, 0) is 61.4 Å². The Morgan fingerprint density at radius 1 is 1.14 bits per heavy atom. The first kappa shape index (κ1) is 13.8. The van der Waals surface area contributed by atoms with Crippen molar-refractivity contribution in [2.24, 2.45) is 0 Å². The summed E-state index contributed by atoms with van der Waals surface area (Å²) in [4.78, 5) is 16.3. The quantitative estimate of drug-likeness (QED) is 0.935. The second-order valence-corrected chi connectivity index (χ2v) is 5.72. The summed E-state index contributed by atoms with van der Waals surface area (Å²) in [5, 5.41) is 2.93. The molecule has 1 N–H and O–H groups in total. The summed E-state index contributed by atoms with van der Waals surface area (Å²) in [5.41, 5.74) is 5.69. The first-order chi connectivity index (χ1) is 10.2. The van der Waals surface area contributed by atoms with Gasteiger partial charge in [0.2, 0.25) is 5.91 Å². The number of carbonyl (C=O) groups excluding carboxylic acids is 1. The van der Waals surface area contributed by atoms with Crippen LogP contribution in [0, 0.1) is 6.92 Å². The lowest BCUT2D eigenvalue weighted by Gasteiger charge is -2.16. The van der Waals surface area contributed by atoms with Crippen LogP contribution in [0.5, 0.6) is 0 Å². The molecule has 2 aromatic rings. The number of aryl methyl sites for hydroxylation is 3. The van der Waals surface area contributed by atoms with Gasteiger partial charge in [-0.3, -0.25) is 9.78 Å². The lowest BCUT2D eigenvalue weighted by molar-refractivity contribution is -0.115. The Morgan fingerprint density at radius 2 is 1.95 bits per heavy atom. The molecule has 0 bridgehead atoms. The van der Waals surface area contributed by atoms with Crippen LogP contribution in [0.2, 0.25) is 0 Å². The SMILES string of the molecule is Cc1cc(NC(=O)Cc2ccc3c(c2)CCCC3)ccn1. The van der Waals surface area contributed by atoms with Gasteiger partial charge in [0.1, 0.15) is 0 Å².